The minimum Gasteiger partial charge on any atom is -0.497 e. The number of halogens is 1. The van der Waals surface area contributed by atoms with Gasteiger partial charge in [0.1, 0.15) is 5.75 Å². The van der Waals surface area contributed by atoms with Crippen molar-refractivity contribution in [2.75, 3.05) is 7.11 Å². The minimum atomic E-state index is 0.647. The van der Waals surface area contributed by atoms with Crippen LogP contribution in [0.15, 0.2) is 45.4 Å². The van der Waals surface area contributed by atoms with E-state index in [-0.39, 0.29) is 0 Å². The second kappa shape index (κ2) is 5.18. The van der Waals surface area contributed by atoms with Gasteiger partial charge in [-0.2, -0.15) is 0 Å². The molecule has 5 nitrogen and oxygen atoms in total. The Hall–Kier alpha value is -1.60. The van der Waals surface area contributed by atoms with Gasteiger partial charge in [0, 0.05) is 18.5 Å². The highest BCUT2D eigenvalue weighted by Gasteiger charge is 2.07. The van der Waals surface area contributed by atoms with Crippen molar-refractivity contribution in [3.05, 3.63) is 35.1 Å². The topological polar surface area (TPSA) is 63.7 Å². The number of benzene rings is 1. The van der Waals surface area contributed by atoms with E-state index in [2.05, 4.69) is 35.9 Å². The maximum Gasteiger partial charge on any atom is 0.195 e. The van der Waals surface area contributed by atoms with Gasteiger partial charge in [0.2, 0.25) is 0 Å². The number of nitrogens with one attached hydrogen (secondary N) is 1. The number of nitrogens with zero attached hydrogens (tertiary/aromatic N) is 3. The summed E-state index contributed by atoms with van der Waals surface area (Å²) in [5, 5.41) is 1.40. The van der Waals surface area contributed by atoms with Crippen molar-refractivity contribution in [3.63, 3.8) is 0 Å². The molecule has 7 heteroatoms. The number of hydrogen-bond donors (Lipinski definition) is 1. The predicted molar refractivity (Wildman–Crippen MR) is 76.5 cm³/mol. The highest BCUT2D eigenvalue weighted by Crippen LogP contribution is 2.26. The van der Waals surface area contributed by atoms with Gasteiger partial charge in [0.25, 0.3) is 0 Å². The van der Waals surface area contributed by atoms with Crippen LogP contribution in [0.3, 0.4) is 0 Å². The lowest BCUT2D eigenvalue weighted by atomic mass is 10.3. The van der Waals surface area contributed by atoms with Crippen LogP contribution in [0.5, 0.6) is 5.75 Å². The molecular formula is C12H9BrN4OS. The van der Waals surface area contributed by atoms with Crippen molar-refractivity contribution < 1.29 is 4.74 Å². The van der Waals surface area contributed by atoms with Gasteiger partial charge in [-0.3, -0.25) is 0 Å². The fourth-order valence-corrected chi connectivity index (χ4v) is 2.47. The molecule has 0 aliphatic rings. The third-order valence-corrected chi connectivity index (χ3v) is 3.64. The van der Waals surface area contributed by atoms with Gasteiger partial charge in [-0.25, -0.2) is 15.0 Å². The molecule has 19 heavy (non-hydrogen) atoms. The summed E-state index contributed by atoms with van der Waals surface area (Å²) in [7, 11) is 1.64. The van der Waals surface area contributed by atoms with Crippen molar-refractivity contribution in [1.82, 2.24) is 19.9 Å². The molecule has 0 aliphatic heterocycles. The van der Waals surface area contributed by atoms with E-state index in [0.717, 1.165) is 26.4 Å². The predicted octanol–water partition coefficient (Wildman–Crippen LogP) is 3.28. The molecule has 0 fully saturated rings. The van der Waals surface area contributed by atoms with Crippen LogP contribution < -0.4 is 4.74 Å². The number of imidazole rings is 1. The fourth-order valence-electron chi connectivity index (χ4n) is 1.58. The first-order chi connectivity index (χ1) is 9.24. The maximum atomic E-state index is 5.18. The highest BCUT2D eigenvalue weighted by molar-refractivity contribution is 9.10. The summed E-state index contributed by atoms with van der Waals surface area (Å²) in [6.45, 7) is 0. The number of H-pyrrole nitrogens is 1. The Morgan fingerprint density at radius 1 is 1.26 bits per heavy atom. The molecular weight excluding hydrogens is 328 g/mol. The molecule has 0 saturated heterocycles. The standard InChI is InChI=1S/C12H9BrN4OS/c1-18-8-2-3-9-10(4-8)17-12(16-9)19-11-14-5-7(13)6-15-11/h2-6H,1H3,(H,16,17). The zero-order chi connectivity index (χ0) is 13.2. The van der Waals surface area contributed by atoms with Gasteiger partial charge in [0.15, 0.2) is 10.3 Å². The number of aromatic amines is 1. The van der Waals surface area contributed by atoms with Crippen LogP contribution in [-0.2, 0) is 0 Å². The number of methoxy groups -OCH3 is 1. The molecule has 0 aliphatic carbocycles. The van der Waals surface area contributed by atoms with Crippen molar-refractivity contribution in [2.45, 2.75) is 10.3 Å². The van der Waals surface area contributed by atoms with Gasteiger partial charge < -0.3 is 9.72 Å². The normalized spacial score (nSPS) is 10.8. The minimum absolute atomic E-state index is 0.647. The summed E-state index contributed by atoms with van der Waals surface area (Å²) in [4.78, 5) is 16.1. The van der Waals surface area contributed by atoms with Gasteiger partial charge in [-0.1, -0.05) is 0 Å². The first-order valence-electron chi connectivity index (χ1n) is 5.44. The SMILES string of the molecule is COc1ccc2nc(Sc3ncc(Br)cn3)[nH]c2c1. The highest BCUT2D eigenvalue weighted by atomic mass is 79.9. The van der Waals surface area contributed by atoms with E-state index < -0.39 is 0 Å². The Balaban J connectivity index is 1.90. The molecule has 0 radical (unpaired) electrons. The smallest absolute Gasteiger partial charge is 0.195 e. The van der Waals surface area contributed by atoms with E-state index >= 15 is 0 Å². The zero-order valence-electron chi connectivity index (χ0n) is 9.92. The van der Waals surface area contributed by atoms with Crippen LogP contribution in [0.2, 0.25) is 0 Å². The molecule has 0 unspecified atom stereocenters. The average molecular weight is 337 g/mol. The second-order valence-electron chi connectivity index (χ2n) is 3.71. The first-order valence-corrected chi connectivity index (χ1v) is 7.05. The Morgan fingerprint density at radius 3 is 2.79 bits per heavy atom. The molecule has 3 aromatic rings. The number of ether oxygens (including phenoxy) is 1. The Kier molecular flexibility index (Phi) is 3.39. The van der Waals surface area contributed by atoms with Gasteiger partial charge in [-0.15, -0.1) is 0 Å². The molecule has 1 N–H and O–H groups in total. The molecule has 0 atom stereocenters. The largest absolute Gasteiger partial charge is 0.497 e. The lowest BCUT2D eigenvalue weighted by Gasteiger charge is -1.96. The van der Waals surface area contributed by atoms with Crippen LogP contribution in [0.1, 0.15) is 0 Å². The van der Waals surface area contributed by atoms with Crippen molar-refractivity contribution in [3.8, 4) is 5.75 Å². The molecule has 1 aromatic carbocycles. The number of hydrogen-bond acceptors (Lipinski definition) is 5. The Bertz CT molecular complexity index is 713. The lowest BCUT2D eigenvalue weighted by Crippen LogP contribution is -1.85. The third-order valence-electron chi connectivity index (χ3n) is 2.45. The van der Waals surface area contributed by atoms with Crippen LogP contribution in [-0.4, -0.2) is 27.0 Å². The second-order valence-corrected chi connectivity index (χ2v) is 5.58. The average Bonchev–Trinajstić information content (AvgIpc) is 2.82. The van der Waals surface area contributed by atoms with Crippen molar-refractivity contribution >= 4 is 38.7 Å². The molecule has 2 heterocycles. The van der Waals surface area contributed by atoms with Gasteiger partial charge >= 0.3 is 0 Å². The number of rotatable bonds is 3. The third kappa shape index (κ3) is 2.71. The van der Waals surface area contributed by atoms with E-state index in [9.17, 15) is 0 Å². The summed E-state index contributed by atoms with van der Waals surface area (Å²) in [6.07, 6.45) is 3.42. The van der Waals surface area contributed by atoms with E-state index in [1.807, 2.05) is 18.2 Å². The molecule has 0 amide bonds. The fraction of sp³-hybridized carbons (Fsp3) is 0.0833. The Labute approximate surface area is 122 Å². The van der Waals surface area contributed by atoms with E-state index in [4.69, 9.17) is 4.74 Å². The summed E-state index contributed by atoms with van der Waals surface area (Å²) in [5.74, 6) is 0.799. The first kappa shape index (κ1) is 12.4. The van der Waals surface area contributed by atoms with Crippen molar-refractivity contribution in [2.24, 2.45) is 0 Å². The Morgan fingerprint density at radius 2 is 2.05 bits per heavy atom. The molecule has 96 valence electrons. The van der Waals surface area contributed by atoms with Crippen LogP contribution in [0.4, 0.5) is 0 Å². The van der Waals surface area contributed by atoms with Crippen LogP contribution in [0, 0.1) is 0 Å². The molecule has 0 bridgehead atoms. The van der Waals surface area contributed by atoms with Gasteiger partial charge in [0.05, 0.1) is 22.6 Å². The number of fused-ring (bicyclic) bond motifs is 1. The molecule has 0 spiro atoms. The molecule has 2 aromatic heterocycles. The molecule has 0 saturated carbocycles. The summed E-state index contributed by atoms with van der Waals surface area (Å²) >= 11 is 4.69. The maximum absolute atomic E-state index is 5.18. The quantitative estimate of drug-likeness (QED) is 0.743. The zero-order valence-corrected chi connectivity index (χ0v) is 12.3. The van der Waals surface area contributed by atoms with E-state index in [1.54, 1.807) is 19.5 Å². The summed E-state index contributed by atoms with van der Waals surface area (Å²) < 4.78 is 6.03. The van der Waals surface area contributed by atoms with Crippen LogP contribution >= 0.6 is 27.7 Å². The van der Waals surface area contributed by atoms with Gasteiger partial charge in [-0.05, 0) is 39.8 Å². The monoisotopic (exact) mass is 336 g/mol. The van der Waals surface area contributed by atoms with E-state index in [1.165, 1.54) is 11.8 Å². The van der Waals surface area contributed by atoms with E-state index in [0.29, 0.717) is 5.16 Å². The summed E-state index contributed by atoms with van der Waals surface area (Å²) in [6, 6.07) is 5.71. The molecule has 3 rings (SSSR count). The van der Waals surface area contributed by atoms with Crippen molar-refractivity contribution in [1.29, 1.82) is 0 Å². The lowest BCUT2D eigenvalue weighted by molar-refractivity contribution is 0.415. The number of aromatic nitrogens is 4. The van der Waals surface area contributed by atoms with Crippen LogP contribution in [0.25, 0.3) is 11.0 Å². The summed E-state index contributed by atoms with van der Waals surface area (Å²) in [5.41, 5.74) is 1.82.